The van der Waals surface area contributed by atoms with E-state index in [1.165, 1.54) is 0 Å². The number of hydrogen-bond acceptors (Lipinski definition) is 4. The van der Waals surface area contributed by atoms with Gasteiger partial charge in [0.25, 0.3) is 0 Å². The van der Waals surface area contributed by atoms with Gasteiger partial charge >= 0.3 is 5.97 Å². The number of carboxylic acids is 1. The van der Waals surface area contributed by atoms with Crippen LogP contribution in [-0.2, 0) is 6.42 Å². The largest absolute Gasteiger partial charge is 0.477 e. The number of aliphatic hydroxyl groups is 1. The zero-order valence-electron chi connectivity index (χ0n) is 9.56. The third-order valence-corrected chi connectivity index (χ3v) is 4.07. The van der Waals surface area contributed by atoms with Gasteiger partial charge in [0.05, 0.1) is 10.7 Å². The number of halogens is 2. The Morgan fingerprint density at radius 1 is 1.37 bits per heavy atom. The Kier molecular flexibility index (Phi) is 4.42. The van der Waals surface area contributed by atoms with Gasteiger partial charge in [-0.05, 0) is 18.2 Å². The summed E-state index contributed by atoms with van der Waals surface area (Å²) in [4.78, 5) is 15.5. The molecular weight excluding hydrogens is 309 g/mol. The third-order valence-electron chi connectivity index (χ3n) is 2.40. The first-order valence-electron chi connectivity index (χ1n) is 5.32. The highest BCUT2D eigenvalue weighted by atomic mass is 35.5. The smallest absolute Gasteiger partial charge is 0.347 e. The van der Waals surface area contributed by atoms with Crippen molar-refractivity contribution in [1.29, 1.82) is 0 Å². The second-order valence-corrected chi connectivity index (χ2v) is 5.54. The molecule has 2 rings (SSSR count). The lowest BCUT2D eigenvalue weighted by molar-refractivity contribution is 0.0700. The van der Waals surface area contributed by atoms with E-state index < -0.39 is 5.97 Å². The number of benzene rings is 1. The highest BCUT2D eigenvalue weighted by Crippen LogP contribution is 2.34. The molecule has 0 fully saturated rings. The van der Waals surface area contributed by atoms with E-state index in [2.05, 4.69) is 4.98 Å². The Balaban J connectivity index is 2.50. The molecule has 0 aliphatic heterocycles. The summed E-state index contributed by atoms with van der Waals surface area (Å²) in [5, 5.41) is 19.4. The monoisotopic (exact) mass is 317 g/mol. The molecule has 2 aromatic rings. The van der Waals surface area contributed by atoms with Crippen LogP contribution in [0.2, 0.25) is 10.0 Å². The van der Waals surface area contributed by atoms with Crippen molar-refractivity contribution in [2.24, 2.45) is 0 Å². The molecule has 0 unspecified atom stereocenters. The summed E-state index contributed by atoms with van der Waals surface area (Å²) in [5.41, 5.74) is 0.990. The van der Waals surface area contributed by atoms with E-state index >= 15 is 0 Å². The second kappa shape index (κ2) is 5.88. The first-order valence-corrected chi connectivity index (χ1v) is 6.89. The molecule has 1 heterocycles. The molecule has 0 aliphatic rings. The van der Waals surface area contributed by atoms with Gasteiger partial charge in [0.2, 0.25) is 0 Å². The van der Waals surface area contributed by atoms with Gasteiger partial charge in [-0.2, -0.15) is 0 Å². The highest BCUT2D eigenvalue weighted by Gasteiger charge is 2.19. The summed E-state index contributed by atoms with van der Waals surface area (Å²) in [7, 11) is 0. The van der Waals surface area contributed by atoms with Crippen LogP contribution in [0.3, 0.4) is 0 Å². The van der Waals surface area contributed by atoms with E-state index in [1.807, 2.05) is 0 Å². The lowest BCUT2D eigenvalue weighted by Crippen LogP contribution is -2.01. The van der Waals surface area contributed by atoms with Gasteiger partial charge in [-0.15, -0.1) is 11.3 Å². The van der Waals surface area contributed by atoms with Gasteiger partial charge in [-0.1, -0.05) is 23.2 Å². The Bertz CT molecular complexity index is 627. The fraction of sp³-hybridized carbons (Fsp3) is 0.167. The van der Waals surface area contributed by atoms with Crippen molar-refractivity contribution in [3.05, 3.63) is 38.8 Å². The predicted molar refractivity (Wildman–Crippen MR) is 75.3 cm³/mol. The maximum absolute atomic E-state index is 11.1. The van der Waals surface area contributed by atoms with Gasteiger partial charge in [0, 0.05) is 23.6 Å². The lowest BCUT2D eigenvalue weighted by Gasteiger charge is -2.00. The van der Waals surface area contributed by atoms with Crippen molar-refractivity contribution >= 4 is 40.5 Å². The van der Waals surface area contributed by atoms with E-state index in [0.29, 0.717) is 26.3 Å². The summed E-state index contributed by atoms with van der Waals surface area (Å²) in [6, 6.07) is 4.93. The van der Waals surface area contributed by atoms with Crippen LogP contribution >= 0.6 is 34.5 Å². The molecule has 19 heavy (non-hydrogen) atoms. The molecule has 2 N–H and O–H groups in total. The number of aliphatic hydroxyl groups excluding tert-OH is 1. The van der Waals surface area contributed by atoms with Crippen molar-refractivity contribution in [2.45, 2.75) is 6.42 Å². The van der Waals surface area contributed by atoms with Gasteiger partial charge in [-0.3, -0.25) is 0 Å². The maximum Gasteiger partial charge on any atom is 0.347 e. The van der Waals surface area contributed by atoms with E-state index in [0.717, 1.165) is 11.3 Å². The molecule has 0 atom stereocenters. The van der Waals surface area contributed by atoms with Crippen LogP contribution in [-0.4, -0.2) is 27.8 Å². The molecule has 100 valence electrons. The minimum Gasteiger partial charge on any atom is -0.477 e. The zero-order chi connectivity index (χ0) is 14.0. The minimum atomic E-state index is -1.06. The van der Waals surface area contributed by atoms with Crippen molar-refractivity contribution in [3.8, 4) is 10.6 Å². The van der Waals surface area contributed by atoms with Gasteiger partial charge in [0.1, 0.15) is 9.88 Å². The fourth-order valence-corrected chi connectivity index (χ4v) is 3.12. The van der Waals surface area contributed by atoms with Crippen LogP contribution in [0, 0.1) is 0 Å². The summed E-state index contributed by atoms with van der Waals surface area (Å²) in [5.74, 6) is -1.06. The van der Waals surface area contributed by atoms with E-state index in [4.69, 9.17) is 33.4 Å². The first kappa shape index (κ1) is 14.3. The molecule has 7 heteroatoms. The number of thiazole rings is 1. The van der Waals surface area contributed by atoms with Crippen molar-refractivity contribution in [1.82, 2.24) is 4.98 Å². The standard InChI is InChI=1S/C12H9Cl2NO3S/c13-6-1-2-7(8(14)5-6)11-15-9(3-4-16)10(19-11)12(17)18/h1-2,5,16H,3-4H2,(H,17,18). The van der Waals surface area contributed by atoms with Crippen molar-refractivity contribution in [3.63, 3.8) is 0 Å². The third kappa shape index (κ3) is 3.06. The number of aromatic nitrogens is 1. The fourth-order valence-electron chi connectivity index (χ4n) is 1.57. The summed E-state index contributed by atoms with van der Waals surface area (Å²) < 4.78 is 0. The lowest BCUT2D eigenvalue weighted by atomic mass is 10.2. The quantitative estimate of drug-likeness (QED) is 0.907. The number of rotatable bonds is 4. The molecule has 0 spiro atoms. The number of aromatic carboxylic acids is 1. The van der Waals surface area contributed by atoms with E-state index in [1.54, 1.807) is 18.2 Å². The molecule has 1 aromatic carbocycles. The zero-order valence-corrected chi connectivity index (χ0v) is 11.9. The Hall–Kier alpha value is -1.14. The molecule has 0 aliphatic carbocycles. The summed E-state index contributed by atoms with van der Waals surface area (Å²) >= 11 is 12.9. The Morgan fingerprint density at radius 2 is 2.11 bits per heavy atom. The predicted octanol–water partition coefficient (Wildman–Crippen LogP) is 3.35. The molecule has 4 nitrogen and oxygen atoms in total. The molecule has 0 saturated carbocycles. The Morgan fingerprint density at radius 3 is 2.68 bits per heavy atom. The topological polar surface area (TPSA) is 70.4 Å². The Labute approximate surface area is 123 Å². The van der Waals surface area contributed by atoms with Crippen molar-refractivity contribution < 1.29 is 15.0 Å². The average molecular weight is 318 g/mol. The number of nitrogens with zero attached hydrogens (tertiary/aromatic N) is 1. The molecule has 1 aromatic heterocycles. The summed E-state index contributed by atoms with van der Waals surface area (Å²) in [6.45, 7) is -0.155. The molecular formula is C12H9Cl2NO3S. The second-order valence-electron chi connectivity index (χ2n) is 3.70. The molecule has 0 saturated heterocycles. The van der Waals surface area contributed by atoms with Crippen LogP contribution in [0.1, 0.15) is 15.4 Å². The van der Waals surface area contributed by atoms with Gasteiger partial charge < -0.3 is 10.2 Å². The van der Waals surface area contributed by atoms with Crippen LogP contribution in [0.25, 0.3) is 10.6 Å². The number of hydrogen-bond donors (Lipinski definition) is 2. The van der Waals surface area contributed by atoms with Crippen LogP contribution in [0.5, 0.6) is 0 Å². The first-order chi connectivity index (χ1) is 9.02. The van der Waals surface area contributed by atoms with Crippen LogP contribution < -0.4 is 0 Å². The van der Waals surface area contributed by atoms with Crippen LogP contribution in [0.15, 0.2) is 18.2 Å². The number of carboxylic acid groups (broad SMARTS) is 1. The minimum absolute atomic E-state index is 0.120. The maximum atomic E-state index is 11.1. The number of carbonyl (C=O) groups is 1. The van der Waals surface area contributed by atoms with Crippen molar-refractivity contribution in [2.75, 3.05) is 6.61 Å². The molecule has 0 bridgehead atoms. The molecule has 0 radical (unpaired) electrons. The van der Waals surface area contributed by atoms with Crippen LogP contribution in [0.4, 0.5) is 0 Å². The van der Waals surface area contributed by atoms with Gasteiger partial charge in [0.15, 0.2) is 0 Å². The normalized spacial score (nSPS) is 10.7. The molecule has 0 amide bonds. The SMILES string of the molecule is O=C(O)c1sc(-c2ccc(Cl)cc2Cl)nc1CCO. The summed E-state index contributed by atoms with van der Waals surface area (Å²) in [6.07, 6.45) is 0.198. The van der Waals surface area contributed by atoms with E-state index in [-0.39, 0.29) is 17.9 Å². The average Bonchev–Trinajstić information content (AvgIpc) is 2.73. The highest BCUT2D eigenvalue weighted by molar-refractivity contribution is 7.17. The van der Waals surface area contributed by atoms with E-state index in [9.17, 15) is 4.79 Å². The van der Waals surface area contributed by atoms with Gasteiger partial charge in [-0.25, -0.2) is 9.78 Å².